The summed E-state index contributed by atoms with van der Waals surface area (Å²) in [6, 6.07) is 15.0. The molecule has 15 heteroatoms. The number of nitrogens with two attached hydrogens (primary N) is 1. The molecular formula is C39H50N6O8S. The largest absolute Gasteiger partial charge is 0.490 e. The molecule has 0 saturated carbocycles. The number of aliphatic hydroxyl groups is 2. The molecular weight excluding hydrogens is 713 g/mol. The maximum atomic E-state index is 13.8. The highest BCUT2D eigenvalue weighted by Crippen LogP contribution is 2.40. The Hall–Kier alpha value is -4.70. The average molecular weight is 763 g/mol. The second-order valence-electron chi connectivity index (χ2n) is 14.2. The number of thioether (sulfide) groups is 1. The molecule has 0 radical (unpaired) electrons. The molecule has 2 aliphatic heterocycles. The van der Waals surface area contributed by atoms with Crippen LogP contribution in [0.3, 0.4) is 0 Å². The van der Waals surface area contributed by atoms with Crippen molar-refractivity contribution in [3.63, 3.8) is 0 Å². The third-order valence-electron chi connectivity index (χ3n) is 9.92. The lowest BCUT2D eigenvalue weighted by Crippen LogP contribution is -2.55. The molecule has 6 N–H and O–H groups in total. The number of ether oxygens (including phenoxy) is 1. The van der Waals surface area contributed by atoms with Crippen LogP contribution in [0.5, 0.6) is 5.75 Å². The molecule has 1 fully saturated rings. The van der Waals surface area contributed by atoms with Crippen molar-refractivity contribution in [3.8, 4) is 5.75 Å². The Morgan fingerprint density at radius 1 is 0.981 bits per heavy atom. The average Bonchev–Trinajstić information content (AvgIpc) is 3.78. The Bertz CT molecular complexity index is 1870. The van der Waals surface area contributed by atoms with E-state index in [1.54, 1.807) is 32.0 Å². The minimum absolute atomic E-state index is 0.0224. The molecule has 2 aliphatic rings. The number of aliphatic hydroxyl groups excluding tert-OH is 2. The molecule has 3 amide bonds. The van der Waals surface area contributed by atoms with E-state index >= 15 is 0 Å². The van der Waals surface area contributed by atoms with Crippen molar-refractivity contribution < 1.29 is 38.4 Å². The van der Waals surface area contributed by atoms with E-state index in [-0.39, 0.29) is 37.8 Å². The molecule has 5 atom stereocenters. The lowest BCUT2D eigenvalue weighted by molar-refractivity contribution is -0.147. The standard InChI is InChI=1S/C33H40N4O7S.C6H10N2O/c1-19-24(20(2)44-36-19)16-34-31(41)29-33(3,4)45-18-37(29)32(42)25(38)15-22(14-21-10-6-5-7-11-21)30(40)35-28-23-12-8-9-13-27(23)43-17-26(28)39;1-4-6(3-7)5(2)9-8-4/h5-13,22,25-26,28-29,38-39H,14-18H2,1-4H3,(H,34,41)(H,35,40);3,7H2,1-2H3/t22-,25+,26-,28+,29-;/m1./s1. The molecule has 6 rings (SSSR count). The van der Waals surface area contributed by atoms with Crippen molar-refractivity contribution in [3.05, 3.63) is 99.8 Å². The van der Waals surface area contributed by atoms with E-state index in [0.29, 0.717) is 29.3 Å². The van der Waals surface area contributed by atoms with Gasteiger partial charge in [0.2, 0.25) is 11.8 Å². The van der Waals surface area contributed by atoms with Gasteiger partial charge < -0.3 is 45.3 Å². The van der Waals surface area contributed by atoms with E-state index in [1.165, 1.54) is 16.7 Å². The van der Waals surface area contributed by atoms with E-state index in [9.17, 15) is 24.6 Å². The second-order valence-corrected chi connectivity index (χ2v) is 15.8. The number of nitrogens with zero attached hydrogens (tertiary/aromatic N) is 3. The van der Waals surface area contributed by atoms with Gasteiger partial charge in [-0.15, -0.1) is 11.8 Å². The number of amides is 3. The molecule has 0 unspecified atom stereocenters. The van der Waals surface area contributed by atoms with Gasteiger partial charge in [0.05, 0.1) is 23.3 Å². The summed E-state index contributed by atoms with van der Waals surface area (Å²) in [5.74, 6) is 0.0537. The highest BCUT2D eigenvalue weighted by Gasteiger charge is 2.49. The number of carbonyl (C=O) groups is 3. The SMILES string of the molecule is Cc1noc(C)c1CN.Cc1noc(C)c1CNC(=O)[C@H]1N(C(=O)[C@@H](O)C[C@@H](Cc2ccccc2)C(=O)N[C@H]2c3ccccc3OC[C@H]2O)CSC1(C)C. The molecule has 1 saturated heterocycles. The molecule has 14 nitrogen and oxygen atoms in total. The molecule has 54 heavy (non-hydrogen) atoms. The third-order valence-corrected chi connectivity index (χ3v) is 11.3. The molecule has 0 aliphatic carbocycles. The van der Waals surface area contributed by atoms with Crippen LogP contribution in [0.4, 0.5) is 0 Å². The van der Waals surface area contributed by atoms with E-state index < -0.39 is 46.8 Å². The second kappa shape index (κ2) is 17.6. The van der Waals surface area contributed by atoms with E-state index in [4.69, 9.17) is 19.5 Å². The summed E-state index contributed by atoms with van der Waals surface area (Å²) < 4.78 is 15.1. The Balaban J connectivity index is 0.000000546. The molecule has 2 aromatic carbocycles. The number of aromatic nitrogens is 2. The quantitative estimate of drug-likeness (QED) is 0.149. The first-order valence-electron chi connectivity index (χ1n) is 17.9. The fraction of sp³-hybridized carbons (Fsp3) is 0.462. The van der Waals surface area contributed by atoms with Gasteiger partial charge in [0.15, 0.2) is 0 Å². The van der Waals surface area contributed by atoms with Crippen molar-refractivity contribution in [2.24, 2.45) is 11.7 Å². The number of para-hydroxylation sites is 1. The topological polar surface area (TPSA) is 206 Å². The predicted octanol–water partition coefficient (Wildman–Crippen LogP) is 3.56. The number of aryl methyl sites for hydroxylation is 4. The Morgan fingerprint density at radius 3 is 2.22 bits per heavy atom. The van der Waals surface area contributed by atoms with Crippen LogP contribution in [0.1, 0.15) is 71.5 Å². The summed E-state index contributed by atoms with van der Waals surface area (Å²) in [7, 11) is 0. The van der Waals surface area contributed by atoms with Gasteiger partial charge in [-0.3, -0.25) is 14.4 Å². The maximum Gasteiger partial charge on any atom is 0.252 e. The highest BCUT2D eigenvalue weighted by atomic mass is 32.2. The van der Waals surface area contributed by atoms with Gasteiger partial charge in [0.25, 0.3) is 5.91 Å². The van der Waals surface area contributed by atoms with E-state index in [0.717, 1.165) is 28.1 Å². The van der Waals surface area contributed by atoms with Gasteiger partial charge >= 0.3 is 0 Å². The normalized spacial score (nSPS) is 19.8. The van der Waals surface area contributed by atoms with Crippen molar-refractivity contribution in [2.75, 3.05) is 12.5 Å². The number of nitrogens with one attached hydrogen (secondary N) is 2. The van der Waals surface area contributed by atoms with Gasteiger partial charge in [0.1, 0.15) is 42.1 Å². The lowest BCUT2D eigenvalue weighted by Gasteiger charge is -2.33. The third kappa shape index (κ3) is 9.32. The number of benzene rings is 2. The van der Waals surface area contributed by atoms with Crippen LogP contribution in [0.2, 0.25) is 0 Å². The van der Waals surface area contributed by atoms with Gasteiger partial charge in [-0.2, -0.15) is 0 Å². The van der Waals surface area contributed by atoms with Crippen molar-refractivity contribution in [2.45, 2.75) is 96.5 Å². The lowest BCUT2D eigenvalue weighted by atomic mass is 9.90. The molecule has 4 aromatic rings. The zero-order valence-corrected chi connectivity index (χ0v) is 32.3. The predicted molar refractivity (Wildman–Crippen MR) is 202 cm³/mol. The van der Waals surface area contributed by atoms with Crippen LogP contribution < -0.4 is 21.1 Å². The summed E-state index contributed by atoms with van der Waals surface area (Å²) in [5, 5.41) is 35.6. The van der Waals surface area contributed by atoms with Crippen LogP contribution in [-0.2, 0) is 33.9 Å². The summed E-state index contributed by atoms with van der Waals surface area (Å²) in [6.45, 7) is 11.8. The van der Waals surface area contributed by atoms with Crippen molar-refractivity contribution in [1.82, 2.24) is 25.8 Å². The van der Waals surface area contributed by atoms with E-state index in [2.05, 4.69) is 20.9 Å². The van der Waals surface area contributed by atoms with Gasteiger partial charge in [-0.1, -0.05) is 58.8 Å². The first-order chi connectivity index (χ1) is 25.7. The van der Waals surface area contributed by atoms with Crippen molar-refractivity contribution in [1.29, 1.82) is 0 Å². The molecule has 4 heterocycles. The van der Waals surface area contributed by atoms with Crippen LogP contribution >= 0.6 is 11.8 Å². The van der Waals surface area contributed by atoms with Crippen LogP contribution in [0, 0.1) is 33.6 Å². The number of hydrogen-bond donors (Lipinski definition) is 5. The Labute approximate surface area is 319 Å². The highest BCUT2D eigenvalue weighted by molar-refractivity contribution is 8.00. The fourth-order valence-electron chi connectivity index (χ4n) is 6.77. The molecule has 0 bridgehead atoms. The minimum atomic E-state index is -1.54. The Kier molecular flexibility index (Phi) is 13.2. The monoisotopic (exact) mass is 762 g/mol. The zero-order valence-electron chi connectivity index (χ0n) is 31.5. The molecule has 290 valence electrons. The first-order valence-corrected chi connectivity index (χ1v) is 18.9. The zero-order chi connectivity index (χ0) is 39.2. The summed E-state index contributed by atoms with van der Waals surface area (Å²) in [5.41, 5.74) is 10.3. The van der Waals surface area contributed by atoms with Crippen LogP contribution in [0.25, 0.3) is 0 Å². The summed E-state index contributed by atoms with van der Waals surface area (Å²) in [4.78, 5) is 42.5. The molecule has 2 aromatic heterocycles. The number of hydrogen-bond acceptors (Lipinski definition) is 12. The maximum absolute atomic E-state index is 13.8. The smallest absolute Gasteiger partial charge is 0.252 e. The number of carbonyl (C=O) groups excluding carboxylic acids is 3. The summed E-state index contributed by atoms with van der Waals surface area (Å²) >= 11 is 1.45. The number of rotatable bonds is 11. The summed E-state index contributed by atoms with van der Waals surface area (Å²) in [6.07, 6.45) is -2.42. The van der Waals surface area contributed by atoms with Gasteiger partial charge in [0, 0.05) is 40.4 Å². The number of fused-ring (bicyclic) bond motifs is 1. The first kappa shape index (κ1) is 40.5. The van der Waals surface area contributed by atoms with E-state index in [1.807, 2.05) is 64.1 Å². The van der Waals surface area contributed by atoms with Crippen molar-refractivity contribution >= 4 is 29.5 Å². The molecule has 0 spiro atoms. The van der Waals surface area contributed by atoms with Gasteiger partial charge in [-0.25, -0.2) is 0 Å². The van der Waals surface area contributed by atoms with Crippen LogP contribution in [-0.4, -0.2) is 78.6 Å². The minimum Gasteiger partial charge on any atom is -0.490 e. The fourth-order valence-corrected chi connectivity index (χ4v) is 7.91. The van der Waals surface area contributed by atoms with Crippen LogP contribution in [0.15, 0.2) is 63.6 Å². The Morgan fingerprint density at radius 2 is 1.61 bits per heavy atom. The van der Waals surface area contributed by atoms with Gasteiger partial charge in [-0.05, 0) is 66.0 Å².